The van der Waals surface area contributed by atoms with Crippen LogP contribution in [0.15, 0.2) is 11.6 Å². The third-order valence-corrected chi connectivity index (χ3v) is 11.9. The maximum Gasteiger partial charge on any atom is 0.407 e. The second-order valence-corrected chi connectivity index (χ2v) is 14.7. The molecule has 8 unspecified atom stereocenters. The molecule has 4 aliphatic carbocycles. The first-order valence-corrected chi connectivity index (χ1v) is 16.7. The lowest BCUT2D eigenvalue weighted by Crippen LogP contribution is -2.51. The number of allylic oxidation sites excluding steroid dienone is 1. The Balaban J connectivity index is 1.29. The smallest absolute Gasteiger partial charge is 0.407 e. The van der Waals surface area contributed by atoms with Gasteiger partial charge in [-0.1, -0.05) is 65.5 Å². The Bertz CT molecular complexity index is 827. The molecule has 4 N–H and O–H groups in total. The van der Waals surface area contributed by atoms with Crippen molar-refractivity contribution in [3.05, 3.63) is 11.6 Å². The van der Waals surface area contributed by atoms with Crippen molar-refractivity contribution in [2.75, 3.05) is 26.2 Å². The normalized spacial score (nSPS) is 36.5. The average Bonchev–Trinajstić information content (AvgIpc) is 3.25. The number of nitrogens with one attached hydrogen (secondary N) is 2. The van der Waals surface area contributed by atoms with E-state index in [4.69, 9.17) is 10.5 Å². The Morgan fingerprint density at radius 3 is 2.56 bits per heavy atom. The molecule has 4 rings (SSSR count). The molecule has 3 saturated carbocycles. The predicted molar refractivity (Wildman–Crippen MR) is 162 cm³/mol. The molecule has 1 amide bonds. The highest BCUT2D eigenvalue weighted by Crippen LogP contribution is 2.67. The van der Waals surface area contributed by atoms with Crippen LogP contribution in [-0.2, 0) is 4.74 Å². The van der Waals surface area contributed by atoms with Crippen molar-refractivity contribution in [1.29, 1.82) is 0 Å². The van der Waals surface area contributed by atoms with Crippen LogP contribution < -0.4 is 16.4 Å². The summed E-state index contributed by atoms with van der Waals surface area (Å²) in [6, 6.07) is 0. The first-order chi connectivity index (χ1) is 18.7. The molecule has 0 spiro atoms. The highest BCUT2D eigenvalue weighted by atomic mass is 16.6. The van der Waals surface area contributed by atoms with E-state index in [1.165, 1.54) is 57.8 Å². The Morgan fingerprint density at radius 1 is 1.00 bits per heavy atom. The first kappa shape index (κ1) is 30.9. The zero-order valence-electron chi connectivity index (χ0n) is 26.0. The average molecular weight is 544 g/mol. The van der Waals surface area contributed by atoms with Gasteiger partial charge in [0.1, 0.15) is 6.10 Å². The minimum atomic E-state index is -0.243. The van der Waals surface area contributed by atoms with Gasteiger partial charge in [0.05, 0.1) is 0 Å². The fourth-order valence-corrected chi connectivity index (χ4v) is 9.70. The molecule has 224 valence electrons. The molecule has 4 aliphatic rings. The number of carbonyl (C=O) groups is 1. The number of rotatable bonds is 13. The molecular weight excluding hydrogens is 482 g/mol. The fraction of sp³-hybridized carbons (Fsp3) is 0.912. The minimum Gasteiger partial charge on any atom is -0.446 e. The summed E-state index contributed by atoms with van der Waals surface area (Å²) in [5.41, 5.74) is 7.96. The van der Waals surface area contributed by atoms with E-state index < -0.39 is 0 Å². The summed E-state index contributed by atoms with van der Waals surface area (Å²) in [5.74, 6) is 5.17. The number of hydrogen-bond acceptors (Lipinski definition) is 4. The van der Waals surface area contributed by atoms with Crippen molar-refractivity contribution in [2.45, 2.75) is 124 Å². The molecule has 5 nitrogen and oxygen atoms in total. The van der Waals surface area contributed by atoms with Gasteiger partial charge in [-0.3, -0.25) is 0 Å². The number of ether oxygens (including phenoxy) is 1. The van der Waals surface area contributed by atoms with Crippen LogP contribution in [0.4, 0.5) is 4.79 Å². The molecule has 5 heteroatoms. The van der Waals surface area contributed by atoms with E-state index in [1.54, 1.807) is 5.57 Å². The van der Waals surface area contributed by atoms with Gasteiger partial charge >= 0.3 is 6.09 Å². The topological polar surface area (TPSA) is 76.4 Å². The molecule has 0 aromatic carbocycles. The van der Waals surface area contributed by atoms with E-state index in [0.717, 1.165) is 74.3 Å². The van der Waals surface area contributed by atoms with Crippen molar-refractivity contribution in [2.24, 2.45) is 52.1 Å². The molecule has 8 atom stereocenters. The molecule has 0 aromatic rings. The van der Waals surface area contributed by atoms with Gasteiger partial charge in [0, 0.05) is 13.0 Å². The first-order valence-electron chi connectivity index (χ1n) is 16.7. The maximum atomic E-state index is 12.5. The quantitative estimate of drug-likeness (QED) is 0.167. The van der Waals surface area contributed by atoms with Crippen molar-refractivity contribution in [1.82, 2.24) is 10.6 Å². The van der Waals surface area contributed by atoms with Gasteiger partial charge in [0.25, 0.3) is 0 Å². The van der Waals surface area contributed by atoms with Gasteiger partial charge in [-0.2, -0.15) is 0 Å². The van der Waals surface area contributed by atoms with Crippen molar-refractivity contribution < 1.29 is 9.53 Å². The zero-order chi connectivity index (χ0) is 28.0. The Labute approximate surface area is 240 Å². The van der Waals surface area contributed by atoms with E-state index >= 15 is 0 Å². The maximum absolute atomic E-state index is 12.5. The van der Waals surface area contributed by atoms with E-state index in [0.29, 0.717) is 23.9 Å². The van der Waals surface area contributed by atoms with Gasteiger partial charge < -0.3 is 21.1 Å². The van der Waals surface area contributed by atoms with Crippen LogP contribution in [0, 0.1) is 46.3 Å². The highest BCUT2D eigenvalue weighted by Gasteiger charge is 2.59. The largest absolute Gasteiger partial charge is 0.446 e. The van der Waals surface area contributed by atoms with Crippen molar-refractivity contribution in [3.8, 4) is 0 Å². The van der Waals surface area contributed by atoms with Crippen molar-refractivity contribution >= 4 is 6.09 Å². The summed E-state index contributed by atoms with van der Waals surface area (Å²) in [6.45, 7) is 15.8. The van der Waals surface area contributed by atoms with Gasteiger partial charge in [-0.25, -0.2) is 4.79 Å². The molecule has 0 aromatic heterocycles. The molecule has 0 saturated heterocycles. The summed E-state index contributed by atoms with van der Waals surface area (Å²) >= 11 is 0. The van der Waals surface area contributed by atoms with E-state index in [9.17, 15) is 4.79 Å². The molecular formula is C34H61N3O2. The summed E-state index contributed by atoms with van der Waals surface area (Å²) < 4.78 is 5.91. The van der Waals surface area contributed by atoms with Crippen LogP contribution in [0.3, 0.4) is 0 Å². The van der Waals surface area contributed by atoms with Crippen LogP contribution in [-0.4, -0.2) is 38.4 Å². The summed E-state index contributed by atoms with van der Waals surface area (Å²) in [4.78, 5) is 12.5. The highest BCUT2D eigenvalue weighted by molar-refractivity contribution is 5.67. The Kier molecular flexibility index (Phi) is 10.9. The SMILES string of the molecule is CC(C)CCCC(C)C1CCC2C3CC=C4CC(OC(=O)NCCCNCCCN)CCC4(C)C3CCC12C. The van der Waals surface area contributed by atoms with Gasteiger partial charge in [0.15, 0.2) is 0 Å². The summed E-state index contributed by atoms with van der Waals surface area (Å²) in [6.07, 6.45) is 18.6. The monoisotopic (exact) mass is 543 g/mol. The lowest BCUT2D eigenvalue weighted by atomic mass is 9.47. The van der Waals surface area contributed by atoms with Crippen LogP contribution in [0.5, 0.6) is 0 Å². The van der Waals surface area contributed by atoms with Crippen LogP contribution >= 0.6 is 0 Å². The summed E-state index contributed by atoms with van der Waals surface area (Å²) in [7, 11) is 0. The number of alkyl carbamates (subject to hydrolysis) is 1. The second kappa shape index (κ2) is 13.7. The molecule has 0 radical (unpaired) electrons. The third kappa shape index (κ3) is 7.05. The number of carbonyl (C=O) groups excluding carboxylic acids is 1. The minimum absolute atomic E-state index is 0.0277. The van der Waals surface area contributed by atoms with Crippen LogP contribution in [0.2, 0.25) is 0 Å². The Hall–Kier alpha value is -1.07. The third-order valence-electron chi connectivity index (χ3n) is 11.9. The number of amides is 1. The molecule has 3 fully saturated rings. The lowest BCUT2D eigenvalue weighted by molar-refractivity contribution is -0.0581. The fourth-order valence-electron chi connectivity index (χ4n) is 9.70. The molecule has 39 heavy (non-hydrogen) atoms. The standard InChI is InChI=1S/C34H61N3O2/c1-24(2)9-6-10-25(3)29-13-14-30-28-12-11-26-23-27(39-32(38)37-22-8-21-36-20-7-19-35)15-17-33(26,4)31(28)16-18-34(29,30)5/h11,24-25,27-31,36H,6-10,12-23,35H2,1-5H3,(H,37,38). The molecule has 0 bridgehead atoms. The van der Waals surface area contributed by atoms with E-state index in [2.05, 4.69) is 51.3 Å². The van der Waals surface area contributed by atoms with E-state index in [1.807, 2.05) is 0 Å². The van der Waals surface area contributed by atoms with E-state index in [-0.39, 0.29) is 12.2 Å². The number of hydrogen-bond donors (Lipinski definition) is 3. The van der Waals surface area contributed by atoms with Gasteiger partial charge in [-0.05, 0) is 124 Å². The Morgan fingerprint density at radius 2 is 1.79 bits per heavy atom. The van der Waals surface area contributed by atoms with Gasteiger partial charge in [0.2, 0.25) is 0 Å². The van der Waals surface area contributed by atoms with Crippen LogP contribution in [0.25, 0.3) is 0 Å². The molecule has 0 aliphatic heterocycles. The zero-order valence-corrected chi connectivity index (χ0v) is 26.0. The van der Waals surface area contributed by atoms with Gasteiger partial charge in [-0.15, -0.1) is 0 Å². The summed E-state index contributed by atoms with van der Waals surface area (Å²) in [5, 5.41) is 6.32. The van der Waals surface area contributed by atoms with Crippen molar-refractivity contribution in [3.63, 3.8) is 0 Å². The predicted octanol–water partition coefficient (Wildman–Crippen LogP) is 7.45. The molecule has 0 heterocycles. The lowest BCUT2D eigenvalue weighted by Gasteiger charge is -2.58. The van der Waals surface area contributed by atoms with Crippen LogP contribution in [0.1, 0.15) is 118 Å². The number of nitrogens with two attached hydrogens (primary N) is 1. The second-order valence-electron chi connectivity index (χ2n) is 14.7. The number of fused-ring (bicyclic) bond motifs is 5.